The molecule has 1 heterocycles. The maximum absolute atomic E-state index is 5.13. The Kier molecular flexibility index (Phi) is 2.79. The van der Waals surface area contributed by atoms with E-state index in [1.165, 1.54) is 0 Å². The second-order valence-corrected chi connectivity index (χ2v) is 3.99. The molecule has 0 aliphatic heterocycles. The van der Waals surface area contributed by atoms with Gasteiger partial charge in [0.2, 0.25) is 0 Å². The molecule has 2 aromatic rings. The Morgan fingerprint density at radius 2 is 2.29 bits per heavy atom. The first-order valence-electron chi connectivity index (χ1n) is 4.33. The van der Waals surface area contributed by atoms with Crippen LogP contribution in [0.25, 0.3) is 10.9 Å². The topological polar surface area (TPSA) is 22.1 Å². The van der Waals surface area contributed by atoms with Gasteiger partial charge in [0, 0.05) is 28.7 Å². The fourth-order valence-electron chi connectivity index (χ4n) is 1.49. The molecule has 2 rings (SSSR count). The van der Waals surface area contributed by atoms with Gasteiger partial charge >= 0.3 is 0 Å². The van der Waals surface area contributed by atoms with Gasteiger partial charge in [-0.1, -0.05) is 22.0 Å². The summed E-state index contributed by atoms with van der Waals surface area (Å²) in [5.74, 6) is 0. The Morgan fingerprint density at radius 3 is 3.07 bits per heavy atom. The Labute approximate surface area is 91.0 Å². The average Bonchev–Trinajstić information content (AvgIpc) is 2.18. The van der Waals surface area contributed by atoms with Crippen molar-refractivity contribution < 1.29 is 4.74 Å². The predicted molar refractivity (Wildman–Crippen MR) is 60.2 cm³/mol. The predicted octanol–water partition coefficient (Wildman–Crippen LogP) is 3.14. The van der Waals surface area contributed by atoms with E-state index in [4.69, 9.17) is 4.74 Å². The van der Waals surface area contributed by atoms with Crippen LogP contribution in [0, 0.1) is 0 Å². The fourth-order valence-corrected chi connectivity index (χ4v) is 2.02. The summed E-state index contributed by atoms with van der Waals surface area (Å²) in [6.07, 6.45) is 1.80. The third-order valence-electron chi connectivity index (χ3n) is 2.05. The molecule has 14 heavy (non-hydrogen) atoms. The van der Waals surface area contributed by atoms with Crippen LogP contribution in [0.2, 0.25) is 0 Å². The Bertz CT molecular complexity index is 456. The molecule has 0 N–H and O–H groups in total. The van der Waals surface area contributed by atoms with Gasteiger partial charge in [0.05, 0.1) is 12.1 Å². The van der Waals surface area contributed by atoms with Crippen molar-refractivity contribution in [1.29, 1.82) is 0 Å². The molecule has 0 saturated carbocycles. The number of nitrogens with zero attached hydrogens (tertiary/aromatic N) is 1. The van der Waals surface area contributed by atoms with Gasteiger partial charge in [0.15, 0.2) is 0 Å². The maximum Gasteiger partial charge on any atom is 0.0757 e. The van der Waals surface area contributed by atoms with Crippen molar-refractivity contribution in [2.24, 2.45) is 0 Å². The molecule has 0 radical (unpaired) electrons. The summed E-state index contributed by atoms with van der Waals surface area (Å²) in [6.45, 7) is 0.590. The van der Waals surface area contributed by atoms with Gasteiger partial charge in [0.1, 0.15) is 0 Å². The molecule has 72 valence electrons. The quantitative estimate of drug-likeness (QED) is 0.819. The molecule has 0 amide bonds. The zero-order chi connectivity index (χ0) is 9.97. The van der Waals surface area contributed by atoms with E-state index < -0.39 is 0 Å². The number of benzene rings is 1. The summed E-state index contributed by atoms with van der Waals surface area (Å²) in [7, 11) is 1.69. The first kappa shape index (κ1) is 9.62. The van der Waals surface area contributed by atoms with Gasteiger partial charge in [-0.3, -0.25) is 4.98 Å². The van der Waals surface area contributed by atoms with Crippen LogP contribution in [-0.4, -0.2) is 12.1 Å². The summed E-state index contributed by atoms with van der Waals surface area (Å²) in [6, 6.07) is 8.08. The minimum absolute atomic E-state index is 0.590. The van der Waals surface area contributed by atoms with Gasteiger partial charge in [-0.05, 0) is 18.2 Å². The number of hydrogen-bond acceptors (Lipinski definition) is 2. The smallest absolute Gasteiger partial charge is 0.0757 e. The molecule has 0 bridgehead atoms. The number of rotatable bonds is 2. The zero-order valence-electron chi connectivity index (χ0n) is 7.83. The van der Waals surface area contributed by atoms with E-state index in [1.807, 2.05) is 18.2 Å². The number of methoxy groups -OCH3 is 1. The van der Waals surface area contributed by atoms with Crippen LogP contribution in [0.1, 0.15) is 5.56 Å². The zero-order valence-corrected chi connectivity index (χ0v) is 9.41. The highest BCUT2D eigenvalue weighted by Gasteiger charge is 2.03. The molecule has 0 aliphatic rings. The van der Waals surface area contributed by atoms with Crippen LogP contribution in [0.15, 0.2) is 34.9 Å². The molecular weight excluding hydrogens is 242 g/mol. The summed E-state index contributed by atoms with van der Waals surface area (Å²) >= 11 is 3.47. The lowest BCUT2D eigenvalue weighted by Gasteiger charge is -2.05. The molecule has 3 heteroatoms. The number of fused-ring (bicyclic) bond motifs is 1. The van der Waals surface area contributed by atoms with Crippen molar-refractivity contribution >= 4 is 26.8 Å². The third-order valence-corrected chi connectivity index (χ3v) is 2.51. The second-order valence-electron chi connectivity index (χ2n) is 3.07. The maximum atomic E-state index is 5.13. The third kappa shape index (κ3) is 1.79. The van der Waals surface area contributed by atoms with Crippen molar-refractivity contribution in [2.75, 3.05) is 7.11 Å². The SMILES string of the molecule is COCc1cc(Br)cc2cccnc12. The van der Waals surface area contributed by atoms with Gasteiger partial charge < -0.3 is 4.74 Å². The normalized spacial score (nSPS) is 10.7. The van der Waals surface area contributed by atoms with Gasteiger partial charge in [0.25, 0.3) is 0 Å². The standard InChI is InChI=1S/C11H10BrNO/c1-14-7-9-6-10(12)5-8-3-2-4-13-11(8)9/h2-6H,7H2,1H3. The van der Waals surface area contributed by atoms with Crippen LogP contribution in [0.3, 0.4) is 0 Å². The van der Waals surface area contributed by atoms with Gasteiger partial charge in [-0.15, -0.1) is 0 Å². The van der Waals surface area contributed by atoms with Crippen LogP contribution < -0.4 is 0 Å². The van der Waals surface area contributed by atoms with E-state index in [2.05, 4.69) is 27.0 Å². The molecule has 1 aromatic carbocycles. The lowest BCUT2D eigenvalue weighted by molar-refractivity contribution is 0.186. The number of aromatic nitrogens is 1. The summed E-state index contributed by atoms with van der Waals surface area (Å²) in [5, 5.41) is 1.13. The summed E-state index contributed by atoms with van der Waals surface area (Å²) in [5.41, 5.74) is 2.12. The molecule has 0 atom stereocenters. The molecule has 1 aromatic heterocycles. The highest BCUT2D eigenvalue weighted by atomic mass is 79.9. The highest BCUT2D eigenvalue weighted by molar-refractivity contribution is 9.10. The number of pyridine rings is 1. The van der Waals surface area contributed by atoms with Crippen molar-refractivity contribution in [1.82, 2.24) is 4.98 Å². The van der Waals surface area contributed by atoms with Crippen LogP contribution >= 0.6 is 15.9 Å². The first-order chi connectivity index (χ1) is 6.81. The Morgan fingerprint density at radius 1 is 1.43 bits per heavy atom. The lowest BCUT2D eigenvalue weighted by atomic mass is 10.1. The van der Waals surface area contributed by atoms with Crippen LogP contribution in [0.5, 0.6) is 0 Å². The monoisotopic (exact) mass is 251 g/mol. The van der Waals surface area contributed by atoms with Crippen LogP contribution in [-0.2, 0) is 11.3 Å². The van der Waals surface area contributed by atoms with E-state index in [0.717, 1.165) is 20.9 Å². The number of halogens is 1. The minimum Gasteiger partial charge on any atom is -0.380 e. The molecular formula is C11H10BrNO. The summed E-state index contributed by atoms with van der Waals surface area (Å²) in [4.78, 5) is 4.34. The molecule has 2 nitrogen and oxygen atoms in total. The molecule has 0 unspecified atom stereocenters. The van der Waals surface area contributed by atoms with Gasteiger partial charge in [-0.2, -0.15) is 0 Å². The van der Waals surface area contributed by atoms with Crippen LogP contribution in [0.4, 0.5) is 0 Å². The van der Waals surface area contributed by atoms with E-state index >= 15 is 0 Å². The van der Waals surface area contributed by atoms with Crippen molar-refractivity contribution in [2.45, 2.75) is 6.61 Å². The van der Waals surface area contributed by atoms with E-state index in [1.54, 1.807) is 13.3 Å². The highest BCUT2D eigenvalue weighted by Crippen LogP contribution is 2.22. The first-order valence-corrected chi connectivity index (χ1v) is 5.12. The van der Waals surface area contributed by atoms with Crippen molar-refractivity contribution in [3.8, 4) is 0 Å². The molecule has 0 fully saturated rings. The van der Waals surface area contributed by atoms with Crippen molar-refractivity contribution in [3.05, 3.63) is 40.5 Å². The van der Waals surface area contributed by atoms with E-state index in [-0.39, 0.29) is 0 Å². The summed E-state index contributed by atoms with van der Waals surface area (Å²) < 4.78 is 6.19. The average molecular weight is 252 g/mol. The molecule has 0 saturated heterocycles. The lowest BCUT2D eigenvalue weighted by Crippen LogP contribution is -1.91. The number of ether oxygens (including phenoxy) is 1. The number of hydrogen-bond donors (Lipinski definition) is 0. The largest absolute Gasteiger partial charge is 0.380 e. The van der Waals surface area contributed by atoms with Gasteiger partial charge in [-0.25, -0.2) is 0 Å². The Hall–Kier alpha value is -0.930. The van der Waals surface area contributed by atoms with Crippen molar-refractivity contribution in [3.63, 3.8) is 0 Å². The van der Waals surface area contributed by atoms with E-state index in [9.17, 15) is 0 Å². The fraction of sp³-hybridized carbons (Fsp3) is 0.182. The Balaban J connectivity index is 2.67. The molecule has 0 spiro atoms. The van der Waals surface area contributed by atoms with E-state index in [0.29, 0.717) is 6.61 Å². The molecule has 0 aliphatic carbocycles. The minimum atomic E-state index is 0.590. The second kappa shape index (κ2) is 4.07.